The molecule has 0 saturated carbocycles. The number of thiazole rings is 1. The number of hydrogen-bond donors (Lipinski definition) is 4. The zero-order valence-electron chi connectivity index (χ0n) is 24.0. The first-order valence-electron chi connectivity index (χ1n) is 14.0. The molecule has 2 aromatic rings. The lowest BCUT2D eigenvalue weighted by Gasteiger charge is -2.38. The van der Waals surface area contributed by atoms with Crippen LogP contribution < -0.4 is 16.4 Å². The molecule has 1 saturated heterocycles. The largest absolute Gasteiger partial charge is 0.389 e. The van der Waals surface area contributed by atoms with Crippen molar-refractivity contribution >= 4 is 34.9 Å². The van der Waals surface area contributed by atoms with Crippen LogP contribution in [-0.4, -0.2) is 81.3 Å². The minimum absolute atomic E-state index is 0.0259. The molecule has 0 aliphatic carbocycles. The van der Waals surface area contributed by atoms with E-state index in [9.17, 15) is 14.7 Å². The third-order valence-electron chi connectivity index (χ3n) is 7.39. The predicted octanol–water partition coefficient (Wildman–Crippen LogP) is 3.65. The third kappa shape index (κ3) is 8.97. The Balaban J connectivity index is 1.63. The van der Waals surface area contributed by atoms with Crippen LogP contribution in [0.5, 0.6) is 0 Å². The summed E-state index contributed by atoms with van der Waals surface area (Å²) in [5.41, 5.74) is 10.3. The fourth-order valence-corrected chi connectivity index (χ4v) is 6.99. The Bertz CT molecular complexity index is 1100. The number of likely N-dealkylation sites (tertiary alicyclic amines) is 1. The molecule has 222 valence electrons. The maximum Gasteiger partial charge on any atom is 0.240 e. The van der Waals surface area contributed by atoms with Crippen molar-refractivity contribution in [3.8, 4) is 10.4 Å². The number of β-amino-alcohol motifs (C(OH)–C–C–N with tert-alkyl or cyclic N) is 1. The van der Waals surface area contributed by atoms with E-state index in [0.29, 0.717) is 6.54 Å². The number of alkyl halides is 1. The highest BCUT2D eigenvalue weighted by atomic mass is 32.2. The highest BCUT2D eigenvalue weighted by Crippen LogP contribution is 2.32. The third-order valence-corrected chi connectivity index (χ3v) is 9.89. The van der Waals surface area contributed by atoms with E-state index >= 15 is 4.39 Å². The smallest absolute Gasteiger partial charge is 0.240 e. The molecule has 40 heavy (non-hydrogen) atoms. The van der Waals surface area contributed by atoms with Crippen LogP contribution in [0.4, 0.5) is 4.39 Å². The summed E-state index contributed by atoms with van der Waals surface area (Å²) in [5, 5.41) is 16.2. The Hall–Kier alpha value is -2.05. The summed E-state index contributed by atoms with van der Waals surface area (Å²) in [6.45, 7) is 8.78. The minimum atomic E-state index is -1.71. The highest BCUT2D eigenvalue weighted by molar-refractivity contribution is 8.00. The van der Waals surface area contributed by atoms with E-state index in [2.05, 4.69) is 29.5 Å². The summed E-state index contributed by atoms with van der Waals surface area (Å²) in [6.07, 6.45) is 1.28. The van der Waals surface area contributed by atoms with Crippen LogP contribution in [0.25, 0.3) is 10.4 Å². The van der Waals surface area contributed by atoms with Crippen molar-refractivity contribution in [2.45, 2.75) is 89.0 Å². The fourth-order valence-electron chi connectivity index (χ4n) is 4.97. The number of aliphatic hydroxyl groups excluding tert-OH is 1. The molecule has 3 rings (SSSR count). The van der Waals surface area contributed by atoms with Crippen molar-refractivity contribution in [1.29, 1.82) is 0 Å². The van der Waals surface area contributed by atoms with Gasteiger partial charge in [0.05, 0.1) is 28.2 Å². The van der Waals surface area contributed by atoms with E-state index in [-0.39, 0.29) is 36.3 Å². The number of benzene rings is 1. The van der Waals surface area contributed by atoms with Crippen molar-refractivity contribution in [3.05, 3.63) is 41.0 Å². The molecule has 1 aliphatic heterocycles. The number of halogens is 1. The number of unbranched alkanes of at least 4 members (excludes halogenated alkanes) is 3. The van der Waals surface area contributed by atoms with Crippen molar-refractivity contribution in [2.75, 3.05) is 25.4 Å². The summed E-state index contributed by atoms with van der Waals surface area (Å²) in [6, 6.07) is 6.37. The molecule has 1 aromatic carbocycles. The number of aliphatic hydroxyl groups is 1. The summed E-state index contributed by atoms with van der Waals surface area (Å²) in [7, 11) is 0. The van der Waals surface area contributed by atoms with Crippen molar-refractivity contribution < 1.29 is 19.1 Å². The number of hydrogen-bond acceptors (Lipinski definition) is 8. The SMILES string of the molecule is CC(=O)N[C@H](CN1C[C@H](O)[C@H](F)[C@H]1C(=O)NCc1ccc(-c2scnc2C)cc1)C(C)(C)SCCCCCCN. The van der Waals surface area contributed by atoms with Crippen LogP contribution in [0.15, 0.2) is 29.8 Å². The lowest BCUT2D eigenvalue weighted by Crippen LogP contribution is -2.56. The number of nitrogens with one attached hydrogen (secondary N) is 2. The Morgan fingerprint density at radius 2 is 1.95 bits per heavy atom. The molecule has 1 aromatic heterocycles. The molecule has 1 fully saturated rings. The lowest BCUT2D eigenvalue weighted by molar-refractivity contribution is -0.127. The normalized spacial score (nSPS) is 20.4. The van der Waals surface area contributed by atoms with Gasteiger partial charge in [-0.25, -0.2) is 9.37 Å². The molecule has 2 heterocycles. The molecule has 1 aliphatic rings. The van der Waals surface area contributed by atoms with Crippen LogP contribution >= 0.6 is 23.1 Å². The summed E-state index contributed by atoms with van der Waals surface area (Å²) in [4.78, 5) is 32.4. The lowest BCUT2D eigenvalue weighted by atomic mass is 10.0. The van der Waals surface area contributed by atoms with E-state index in [0.717, 1.165) is 53.1 Å². The number of rotatable bonds is 15. The van der Waals surface area contributed by atoms with Gasteiger partial charge in [-0.05, 0) is 57.0 Å². The van der Waals surface area contributed by atoms with E-state index in [4.69, 9.17) is 5.73 Å². The zero-order chi connectivity index (χ0) is 29.3. The summed E-state index contributed by atoms with van der Waals surface area (Å²) in [5.74, 6) is 0.266. The predicted molar refractivity (Wildman–Crippen MR) is 162 cm³/mol. The Morgan fingerprint density at radius 3 is 2.58 bits per heavy atom. The van der Waals surface area contributed by atoms with Gasteiger partial charge < -0.3 is 21.5 Å². The standard InChI is InChI=1S/C29H44FN5O3S2/c1-19-27(39-18-33-19)22-11-9-21(10-12-22)15-32-28(38)26-25(30)23(37)16-35(26)17-24(34-20(2)36)29(3,4)40-14-8-6-5-7-13-31/h9-12,18,23-26,37H,5-8,13-17,31H2,1-4H3,(H,32,38)(H,34,36)/t23-,24+,25-,26-/m0/s1. The molecule has 4 atom stereocenters. The topological polar surface area (TPSA) is 121 Å². The number of nitrogens with two attached hydrogens (primary N) is 1. The van der Waals surface area contributed by atoms with E-state index < -0.39 is 24.2 Å². The molecule has 0 spiro atoms. The number of nitrogens with zero attached hydrogens (tertiary/aromatic N) is 2. The molecule has 8 nitrogen and oxygen atoms in total. The van der Waals surface area contributed by atoms with Gasteiger partial charge in [0.25, 0.3) is 0 Å². The second-order valence-corrected chi connectivity index (χ2v) is 13.6. The molecular weight excluding hydrogens is 549 g/mol. The van der Waals surface area contributed by atoms with Gasteiger partial charge in [0.1, 0.15) is 6.04 Å². The van der Waals surface area contributed by atoms with Crippen molar-refractivity contribution in [1.82, 2.24) is 20.5 Å². The number of amides is 2. The van der Waals surface area contributed by atoms with E-state index in [1.807, 2.05) is 36.7 Å². The first kappa shape index (κ1) is 32.5. The first-order valence-corrected chi connectivity index (χ1v) is 15.8. The number of carbonyl (C=O) groups is 2. The zero-order valence-corrected chi connectivity index (χ0v) is 25.6. The number of aromatic nitrogens is 1. The van der Waals surface area contributed by atoms with Crippen LogP contribution in [0.1, 0.15) is 57.7 Å². The number of carbonyl (C=O) groups excluding carboxylic acids is 2. The van der Waals surface area contributed by atoms with Gasteiger partial charge in [-0.15, -0.1) is 11.3 Å². The highest BCUT2D eigenvalue weighted by Gasteiger charge is 2.47. The van der Waals surface area contributed by atoms with Crippen molar-refractivity contribution in [3.63, 3.8) is 0 Å². The molecule has 0 bridgehead atoms. The van der Waals surface area contributed by atoms with Gasteiger partial charge in [-0.3, -0.25) is 14.5 Å². The van der Waals surface area contributed by atoms with Gasteiger partial charge in [0, 0.05) is 31.3 Å². The van der Waals surface area contributed by atoms with E-state index in [1.165, 1.54) is 6.92 Å². The van der Waals surface area contributed by atoms with Gasteiger partial charge in [0.2, 0.25) is 11.8 Å². The van der Waals surface area contributed by atoms with Crippen LogP contribution in [0.2, 0.25) is 0 Å². The minimum Gasteiger partial charge on any atom is -0.389 e. The average Bonchev–Trinajstić information content (AvgIpc) is 3.46. The van der Waals surface area contributed by atoms with Gasteiger partial charge in [-0.1, -0.05) is 37.1 Å². The second-order valence-electron chi connectivity index (χ2n) is 11.0. The van der Waals surface area contributed by atoms with Gasteiger partial charge >= 0.3 is 0 Å². The average molecular weight is 594 g/mol. The molecular formula is C29H44FN5O3S2. The molecule has 11 heteroatoms. The number of thioether (sulfide) groups is 1. The van der Waals surface area contributed by atoms with Crippen molar-refractivity contribution in [2.24, 2.45) is 5.73 Å². The number of aryl methyl sites for hydroxylation is 1. The molecule has 0 radical (unpaired) electrons. The second kappa shape index (κ2) is 15.3. The van der Waals surface area contributed by atoms with Crippen LogP contribution in [-0.2, 0) is 16.1 Å². The van der Waals surface area contributed by atoms with Gasteiger partial charge in [-0.2, -0.15) is 11.8 Å². The van der Waals surface area contributed by atoms with Crippen LogP contribution in [0, 0.1) is 6.92 Å². The quantitative estimate of drug-likeness (QED) is 0.233. The summed E-state index contributed by atoms with van der Waals surface area (Å²) < 4.78 is 14.8. The Morgan fingerprint density at radius 1 is 1.25 bits per heavy atom. The Labute approximate surface area is 245 Å². The monoisotopic (exact) mass is 593 g/mol. The van der Waals surface area contributed by atoms with Gasteiger partial charge in [0.15, 0.2) is 6.17 Å². The molecule has 2 amide bonds. The maximum absolute atomic E-state index is 15.2. The Kier molecular flexibility index (Phi) is 12.4. The first-order chi connectivity index (χ1) is 19.0. The van der Waals surface area contributed by atoms with E-state index in [1.54, 1.807) is 28.0 Å². The fraction of sp³-hybridized carbons (Fsp3) is 0.621. The summed E-state index contributed by atoms with van der Waals surface area (Å²) >= 11 is 3.34. The maximum atomic E-state index is 15.2. The molecule has 0 unspecified atom stereocenters. The van der Waals surface area contributed by atoms with Crippen LogP contribution in [0.3, 0.4) is 0 Å². The molecule has 5 N–H and O–H groups in total.